The molecule has 0 radical (unpaired) electrons. The summed E-state index contributed by atoms with van der Waals surface area (Å²) < 4.78 is 5.09. The van der Waals surface area contributed by atoms with Crippen molar-refractivity contribution in [3.05, 3.63) is 29.8 Å². The summed E-state index contributed by atoms with van der Waals surface area (Å²) in [7, 11) is 0. The summed E-state index contributed by atoms with van der Waals surface area (Å²) in [6.07, 6.45) is 1.72. The Morgan fingerprint density at radius 3 is 2.68 bits per heavy atom. The minimum atomic E-state index is -0.0470. The number of para-hydroxylation sites is 1. The molecule has 1 heterocycles. The molecule has 0 amide bonds. The van der Waals surface area contributed by atoms with Gasteiger partial charge in [-0.3, -0.25) is 4.79 Å². The van der Waals surface area contributed by atoms with Crippen LogP contribution >= 0.6 is 0 Å². The smallest absolute Gasteiger partial charge is 0.309 e. The molecule has 2 rings (SSSR count). The van der Waals surface area contributed by atoms with Crippen molar-refractivity contribution in [2.24, 2.45) is 11.7 Å². The molecule has 0 saturated carbocycles. The third-order valence-corrected chi connectivity index (χ3v) is 3.67. The standard InChI is InChI=1S/C15H22N2O2/c1-2-19-15(18)12-7-9-17(10-8-12)14-6-4-3-5-13(14)11-16/h3-6,12H,2,7-11,16H2,1H3. The SMILES string of the molecule is CCOC(=O)C1CCN(c2ccccc2CN)CC1. The van der Waals surface area contributed by atoms with Crippen molar-refractivity contribution < 1.29 is 9.53 Å². The average Bonchev–Trinajstić information content (AvgIpc) is 2.47. The number of nitrogens with two attached hydrogens (primary N) is 1. The van der Waals surface area contributed by atoms with Gasteiger partial charge in [-0.25, -0.2) is 0 Å². The number of carbonyl (C=O) groups is 1. The molecular formula is C15H22N2O2. The normalized spacial score (nSPS) is 16.4. The first-order chi connectivity index (χ1) is 9.26. The van der Waals surface area contributed by atoms with Crippen LogP contribution in [-0.2, 0) is 16.1 Å². The Kier molecular flexibility index (Phi) is 4.80. The van der Waals surface area contributed by atoms with E-state index in [0.29, 0.717) is 13.2 Å². The first kappa shape index (κ1) is 13.9. The summed E-state index contributed by atoms with van der Waals surface area (Å²) in [5.41, 5.74) is 8.14. The van der Waals surface area contributed by atoms with Gasteiger partial charge >= 0.3 is 5.97 Å². The molecule has 2 N–H and O–H groups in total. The zero-order valence-corrected chi connectivity index (χ0v) is 11.5. The van der Waals surface area contributed by atoms with Gasteiger partial charge in [0.05, 0.1) is 12.5 Å². The van der Waals surface area contributed by atoms with E-state index in [9.17, 15) is 4.79 Å². The Hall–Kier alpha value is -1.55. The molecule has 0 aromatic heterocycles. The van der Waals surface area contributed by atoms with Gasteiger partial charge in [0.15, 0.2) is 0 Å². The van der Waals surface area contributed by atoms with Gasteiger partial charge < -0.3 is 15.4 Å². The van der Waals surface area contributed by atoms with Crippen LogP contribution in [0.25, 0.3) is 0 Å². The third kappa shape index (κ3) is 3.26. The van der Waals surface area contributed by atoms with Gasteiger partial charge in [0.25, 0.3) is 0 Å². The monoisotopic (exact) mass is 262 g/mol. The molecule has 1 aliphatic rings. The van der Waals surface area contributed by atoms with Crippen LogP contribution < -0.4 is 10.6 Å². The van der Waals surface area contributed by atoms with E-state index in [1.807, 2.05) is 19.1 Å². The van der Waals surface area contributed by atoms with Crippen LogP contribution in [0, 0.1) is 5.92 Å². The minimum absolute atomic E-state index is 0.0470. The number of hydrogen-bond acceptors (Lipinski definition) is 4. The first-order valence-electron chi connectivity index (χ1n) is 6.95. The van der Waals surface area contributed by atoms with Crippen molar-refractivity contribution in [3.63, 3.8) is 0 Å². The number of anilines is 1. The number of rotatable bonds is 4. The maximum atomic E-state index is 11.7. The van der Waals surface area contributed by atoms with E-state index < -0.39 is 0 Å². The number of benzene rings is 1. The van der Waals surface area contributed by atoms with Crippen LogP contribution in [0.15, 0.2) is 24.3 Å². The molecule has 0 aliphatic carbocycles. The molecular weight excluding hydrogens is 240 g/mol. The lowest BCUT2D eigenvalue weighted by atomic mass is 9.96. The van der Waals surface area contributed by atoms with Crippen LogP contribution in [0.2, 0.25) is 0 Å². The van der Waals surface area contributed by atoms with E-state index in [1.54, 1.807) is 0 Å². The second-order valence-electron chi connectivity index (χ2n) is 4.85. The number of hydrogen-bond donors (Lipinski definition) is 1. The molecule has 1 aliphatic heterocycles. The zero-order chi connectivity index (χ0) is 13.7. The van der Waals surface area contributed by atoms with Crippen molar-refractivity contribution in [1.82, 2.24) is 0 Å². The van der Waals surface area contributed by atoms with E-state index in [2.05, 4.69) is 17.0 Å². The summed E-state index contributed by atoms with van der Waals surface area (Å²) in [6, 6.07) is 8.21. The molecule has 1 fully saturated rings. The zero-order valence-electron chi connectivity index (χ0n) is 11.5. The van der Waals surface area contributed by atoms with E-state index in [0.717, 1.165) is 31.5 Å². The van der Waals surface area contributed by atoms with Crippen molar-refractivity contribution in [2.45, 2.75) is 26.3 Å². The van der Waals surface area contributed by atoms with E-state index in [1.165, 1.54) is 5.69 Å². The molecule has 4 nitrogen and oxygen atoms in total. The number of nitrogens with zero attached hydrogens (tertiary/aromatic N) is 1. The lowest BCUT2D eigenvalue weighted by Crippen LogP contribution is -2.37. The summed E-state index contributed by atoms with van der Waals surface area (Å²) in [6.45, 7) is 4.65. The predicted molar refractivity (Wildman–Crippen MR) is 75.9 cm³/mol. The Morgan fingerprint density at radius 1 is 1.37 bits per heavy atom. The maximum absolute atomic E-state index is 11.7. The predicted octanol–water partition coefficient (Wildman–Crippen LogP) is 1.92. The van der Waals surface area contributed by atoms with Crippen LogP contribution in [0.5, 0.6) is 0 Å². The number of ether oxygens (including phenoxy) is 1. The van der Waals surface area contributed by atoms with E-state index >= 15 is 0 Å². The number of carbonyl (C=O) groups excluding carboxylic acids is 1. The maximum Gasteiger partial charge on any atom is 0.309 e. The topological polar surface area (TPSA) is 55.6 Å². The van der Waals surface area contributed by atoms with Crippen molar-refractivity contribution >= 4 is 11.7 Å². The summed E-state index contributed by atoms with van der Waals surface area (Å²) in [5, 5.41) is 0. The van der Waals surface area contributed by atoms with E-state index in [4.69, 9.17) is 10.5 Å². The average molecular weight is 262 g/mol. The van der Waals surface area contributed by atoms with Crippen LogP contribution in [0.4, 0.5) is 5.69 Å². The fourth-order valence-corrected chi connectivity index (χ4v) is 2.61. The molecule has 1 aromatic carbocycles. The quantitative estimate of drug-likeness (QED) is 0.842. The van der Waals surface area contributed by atoms with Crippen LogP contribution in [0.1, 0.15) is 25.3 Å². The minimum Gasteiger partial charge on any atom is -0.466 e. The van der Waals surface area contributed by atoms with Crippen molar-refractivity contribution in [3.8, 4) is 0 Å². The highest BCUT2D eigenvalue weighted by atomic mass is 16.5. The largest absolute Gasteiger partial charge is 0.466 e. The number of piperidine rings is 1. The molecule has 1 aromatic rings. The molecule has 19 heavy (non-hydrogen) atoms. The van der Waals surface area contributed by atoms with Gasteiger partial charge in [0.2, 0.25) is 0 Å². The Balaban J connectivity index is 1.98. The Bertz CT molecular complexity index is 426. The fourth-order valence-electron chi connectivity index (χ4n) is 2.61. The molecule has 0 unspecified atom stereocenters. The highest BCUT2D eigenvalue weighted by Crippen LogP contribution is 2.26. The van der Waals surface area contributed by atoms with Gasteiger partial charge in [-0.1, -0.05) is 18.2 Å². The summed E-state index contributed by atoms with van der Waals surface area (Å²) in [5.74, 6) is 0.00972. The molecule has 4 heteroatoms. The van der Waals surface area contributed by atoms with E-state index in [-0.39, 0.29) is 11.9 Å². The van der Waals surface area contributed by atoms with Gasteiger partial charge in [-0.15, -0.1) is 0 Å². The Labute approximate surface area is 114 Å². The van der Waals surface area contributed by atoms with Gasteiger partial charge in [-0.05, 0) is 31.4 Å². The van der Waals surface area contributed by atoms with Crippen LogP contribution in [0.3, 0.4) is 0 Å². The molecule has 0 spiro atoms. The second-order valence-corrected chi connectivity index (χ2v) is 4.85. The Morgan fingerprint density at radius 2 is 2.05 bits per heavy atom. The molecule has 1 saturated heterocycles. The summed E-state index contributed by atoms with van der Waals surface area (Å²) in [4.78, 5) is 14.0. The highest BCUT2D eigenvalue weighted by molar-refractivity contribution is 5.73. The van der Waals surface area contributed by atoms with Gasteiger partial charge in [0, 0.05) is 25.3 Å². The molecule has 0 atom stereocenters. The second kappa shape index (κ2) is 6.57. The molecule has 0 bridgehead atoms. The fraction of sp³-hybridized carbons (Fsp3) is 0.533. The lowest BCUT2D eigenvalue weighted by Gasteiger charge is -2.33. The summed E-state index contributed by atoms with van der Waals surface area (Å²) >= 11 is 0. The van der Waals surface area contributed by atoms with Crippen LogP contribution in [-0.4, -0.2) is 25.7 Å². The highest BCUT2D eigenvalue weighted by Gasteiger charge is 2.26. The van der Waals surface area contributed by atoms with Crippen molar-refractivity contribution in [1.29, 1.82) is 0 Å². The third-order valence-electron chi connectivity index (χ3n) is 3.67. The number of esters is 1. The van der Waals surface area contributed by atoms with Crippen molar-refractivity contribution in [2.75, 3.05) is 24.6 Å². The molecule has 104 valence electrons. The first-order valence-corrected chi connectivity index (χ1v) is 6.95. The van der Waals surface area contributed by atoms with Gasteiger partial charge in [-0.2, -0.15) is 0 Å². The lowest BCUT2D eigenvalue weighted by molar-refractivity contribution is -0.148. The van der Waals surface area contributed by atoms with Gasteiger partial charge in [0.1, 0.15) is 0 Å².